The minimum Gasteiger partial charge on any atom is -0.480 e. The first-order valence-electron chi connectivity index (χ1n) is 6.07. The zero-order valence-electron chi connectivity index (χ0n) is 10.9. The minimum atomic E-state index is -1.33. The fourth-order valence-electron chi connectivity index (χ4n) is 1.68. The molecule has 0 aromatic heterocycles. The topological polar surface area (TPSA) is 75.6 Å². The number of benzene rings is 2. The third kappa shape index (κ3) is 3.79. The van der Waals surface area contributed by atoms with E-state index in [1.807, 2.05) is 0 Å². The molecule has 2 aromatic carbocycles. The summed E-state index contributed by atoms with van der Waals surface area (Å²) in [6, 6.07) is 12.2. The van der Waals surface area contributed by atoms with Gasteiger partial charge in [-0.1, -0.05) is 24.3 Å². The Kier molecular flexibility index (Phi) is 4.50. The van der Waals surface area contributed by atoms with Gasteiger partial charge in [0.15, 0.2) is 18.2 Å². The van der Waals surface area contributed by atoms with Crippen molar-refractivity contribution in [1.82, 2.24) is 0 Å². The van der Waals surface area contributed by atoms with Crippen LogP contribution < -0.4 is 10.1 Å². The lowest BCUT2D eigenvalue weighted by Crippen LogP contribution is -2.21. The van der Waals surface area contributed by atoms with Gasteiger partial charge in [-0.05, 0) is 24.3 Å². The summed E-state index contributed by atoms with van der Waals surface area (Å²) in [7, 11) is 0. The van der Waals surface area contributed by atoms with Crippen molar-refractivity contribution in [2.45, 2.75) is 0 Å². The van der Waals surface area contributed by atoms with Crippen molar-refractivity contribution in [3.8, 4) is 5.75 Å². The molecule has 0 aliphatic heterocycles. The highest BCUT2D eigenvalue weighted by molar-refractivity contribution is 5.93. The molecule has 2 N–H and O–H groups in total. The van der Waals surface area contributed by atoms with Gasteiger partial charge in [-0.2, -0.15) is 0 Å². The standard InChI is InChI=1S/C15H12FNO4/c16-12-8-4-7-11(15(19)20)14(12)21-9-13(18)17-10-5-2-1-3-6-10/h1-8H,9H2,(H,17,18)(H,19,20). The lowest BCUT2D eigenvalue weighted by atomic mass is 10.2. The molecule has 1 amide bonds. The molecule has 0 fully saturated rings. The van der Waals surface area contributed by atoms with Gasteiger partial charge >= 0.3 is 5.97 Å². The van der Waals surface area contributed by atoms with E-state index in [-0.39, 0.29) is 5.56 Å². The maximum Gasteiger partial charge on any atom is 0.339 e. The number of hydrogen-bond donors (Lipinski definition) is 2. The summed E-state index contributed by atoms with van der Waals surface area (Å²) in [5.41, 5.74) is 0.237. The molecule has 0 radical (unpaired) electrons. The highest BCUT2D eigenvalue weighted by atomic mass is 19.1. The molecule has 0 unspecified atom stereocenters. The second-order valence-corrected chi connectivity index (χ2v) is 4.12. The van der Waals surface area contributed by atoms with Gasteiger partial charge in [-0.25, -0.2) is 9.18 Å². The third-order valence-corrected chi connectivity index (χ3v) is 2.60. The van der Waals surface area contributed by atoms with Crippen LogP contribution in [0.2, 0.25) is 0 Å². The Morgan fingerprint density at radius 1 is 1.10 bits per heavy atom. The summed E-state index contributed by atoms with van der Waals surface area (Å²) in [5, 5.41) is 11.5. The number of anilines is 1. The van der Waals surface area contributed by atoms with Crippen LogP contribution in [0.1, 0.15) is 10.4 Å². The summed E-state index contributed by atoms with van der Waals surface area (Å²) in [5.74, 6) is -3.12. The number of rotatable bonds is 5. The first-order valence-corrected chi connectivity index (χ1v) is 6.07. The summed E-state index contributed by atoms with van der Waals surface area (Å²) in [6.07, 6.45) is 0. The van der Waals surface area contributed by atoms with Gasteiger partial charge in [0.1, 0.15) is 5.56 Å². The van der Waals surface area contributed by atoms with Gasteiger partial charge in [0.05, 0.1) is 0 Å². The van der Waals surface area contributed by atoms with Crippen LogP contribution in [0.15, 0.2) is 48.5 Å². The Hall–Kier alpha value is -2.89. The average molecular weight is 289 g/mol. The number of amides is 1. The number of aromatic carboxylic acids is 1. The molecule has 0 heterocycles. The van der Waals surface area contributed by atoms with Gasteiger partial charge in [-0.15, -0.1) is 0 Å². The van der Waals surface area contributed by atoms with Crippen LogP contribution >= 0.6 is 0 Å². The molecular weight excluding hydrogens is 277 g/mol. The third-order valence-electron chi connectivity index (χ3n) is 2.60. The minimum absolute atomic E-state index is 0.331. The van der Waals surface area contributed by atoms with Crippen molar-refractivity contribution >= 4 is 17.6 Å². The predicted octanol–water partition coefficient (Wildman–Crippen LogP) is 2.54. The summed E-state index contributed by atoms with van der Waals surface area (Å²) in [4.78, 5) is 22.6. The monoisotopic (exact) mass is 289 g/mol. The highest BCUT2D eigenvalue weighted by Gasteiger charge is 2.16. The molecule has 108 valence electrons. The summed E-state index contributed by atoms with van der Waals surface area (Å²) in [6.45, 7) is -0.490. The predicted molar refractivity (Wildman–Crippen MR) is 73.9 cm³/mol. The van der Waals surface area contributed by atoms with Crippen LogP contribution in [0, 0.1) is 5.82 Å². The Morgan fingerprint density at radius 3 is 2.48 bits per heavy atom. The molecule has 0 aliphatic carbocycles. The zero-order chi connectivity index (χ0) is 15.2. The number of carboxylic acid groups (broad SMARTS) is 1. The van der Waals surface area contributed by atoms with E-state index >= 15 is 0 Å². The van der Waals surface area contributed by atoms with E-state index in [4.69, 9.17) is 9.84 Å². The number of carboxylic acids is 1. The van der Waals surface area contributed by atoms with Crippen LogP contribution in [-0.4, -0.2) is 23.6 Å². The number of para-hydroxylation sites is 2. The van der Waals surface area contributed by atoms with Crippen LogP contribution in [0.3, 0.4) is 0 Å². The van der Waals surface area contributed by atoms with Crippen molar-refractivity contribution in [2.75, 3.05) is 11.9 Å². The summed E-state index contributed by atoms with van der Waals surface area (Å²) >= 11 is 0. The highest BCUT2D eigenvalue weighted by Crippen LogP contribution is 2.22. The second kappa shape index (κ2) is 6.51. The van der Waals surface area contributed by atoms with Crippen LogP contribution in [0.5, 0.6) is 5.75 Å². The molecule has 0 saturated carbocycles. The van der Waals surface area contributed by atoms with Crippen molar-refractivity contribution < 1.29 is 23.8 Å². The van der Waals surface area contributed by atoms with Crippen molar-refractivity contribution in [1.29, 1.82) is 0 Å². The molecule has 0 bridgehead atoms. The van der Waals surface area contributed by atoms with Crippen LogP contribution in [0.25, 0.3) is 0 Å². The molecule has 0 atom stereocenters. The molecule has 5 nitrogen and oxygen atoms in total. The number of halogens is 1. The molecule has 0 spiro atoms. The zero-order valence-corrected chi connectivity index (χ0v) is 10.9. The molecule has 0 aliphatic rings. The normalized spacial score (nSPS) is 9.95. The number of nitrogens with one attached hydrogen (secondary N) is 1. The fraction of sp³-hybridized carbons (Fsp3) is 0.0667. The quantitative estimate of drug-likeness (QED) is 0.887. The van der Waals surface area contributed by atoms with Gasteiger partial charge in [-0.3, -0.25) is 4.79 Å². The lowest BCUT2D eigenvalue weighted by molar-refractivity contribution is -0.118. The fourth-order valence-corrected chi connectivity index (χ4v) is 1.68. The molecular formula is C15H12FNO4. The Morgan fingerprint density at radius 2 is 1.81 bits per heavy atom. The van der Waals surface area contributed by atoms with E-state index in [2.05, 4.69) is 5.32 Å². The van der Waals surface area contributed by atoms with E-state index in [9.17, 15) is 14.0 Å². The van der Waals surface area contributed by atoms with Gasteiger partial charge in [0.25, 0.3) is 5.91 Å². The van der Waals surface area contributed by atoms with Gasteiger partial charge in [0.2, 0.25) is 0 Å². The number of ether oxygens (including phenoxy) is 1. The first kappa shape index (κ1) is 14.5. The smallest absolute Gasteiger partial charge is 0.339 e. The molecule has 2 rings (SSSR count). The van der Waals surface area contributed by atoms with Gasteiger partial charge in [0, 0.05) is 5.69 Å². The van der Waals surface area contributed by atoms with E-state index < -0.39 is 30.1 Å². The number of carbonyl (C=O) groups is 2. The molecule has 6 heteroatoms. The first-order chi connectivity index (χ1) is 10.1. The average Bonchev–Trinajstić information content (AvgIpc) is 2.46. The number of carbonyl (C=O) groups excluding carboxylic acids is 1. The molecule has 21 heavy (non-hydrogen) atoms. The van der Waals surface area contributed by atoms with Crippen molar-refractivity contribution in [3.63, 3.8) is 0 Å². The SMILES string of the molecule is O=C(COc1c(F)cccc1C(=O)O)Nc1ccccc1. The van der Waals surface area contributed by atoms with Crippen molar-refractivity contribution in [2.24, 2.45) is 0 Å². The molecule has 0 saturated heterocycles. The Balaban J connectivity index is 2.03. The van der Waals surface area contributed by atoms with E-state index in [0.717, 1.165) is 6.07 Å². The van der Waals surface area contributed by atoms with E-state index in [1.54, 1.807) is 30.3 Å². The lowest BCUT2D eigenvalue weighted by Gasteiger charge is -2.10. The summed E-state index contributed by atoms with van der Waals surface area (Å²) < 4.78 is 18.6. The van der Waals surface area contributed by atoms with Crippen LogP contribution in [-0.2, 0) is 4.79 Å². The van der Waals surface area contributed by atoms with Gasteiger partial charge < -0.3 is 15.2 Å². The Bertz CT molecular complexity index is 658. The largest absolute Gasteiger partial charge is 0.480 e. The van der Waals surface area contributed by atoms with E-state index in [1.165, 1.54) is 12.1 Å². The second-order valence-electron chi connectivity index (χ2n) is 4.12. The van der Waals surface area contributed by atoms with E-state index in [0.29, 0.717) is 5.69 Å². The molecule has 2 aromatic rings. The Labute approximate surface area is 120 Å². The van der Waals surface area contributed by atoms with Crippen LogP contribution in [0.4, 0.5) is 10.1 Å². The maximum atomic E-state index is 13.6. The number of hydrogen-bond acceptors (Lipinski definition) is 3. The maximum absolute atomic E-state index is 13.6. The van der Waals surface area contributed by atoms with Crippen molar-refractivity contribution in [3.05, 3.63) is 59.9 Å².